The molecular formula is C17H20F3N3O2. The summed E-state index contributed by atoms with van der Waals surface area (Å²) in [5.74, 6) is 1.05. The molecule has 0 amide bonds. The Hall–Kier alpha value is -2.12. The first-order valence-corrected chi connectivity index (χ1v) is 8.13. The molecule has 1 aliphatic carbocycles. The lowest BCUT2D eigenvalue weighted by atomic mass is 9.97. The van der Waals surface area contributed by atoms with Crippen LogP contribution in [0, 0.1) is 0 Å². The molecule has 0 bridgehead atoms. The van der Waals surface area contributed by atoms with Gasteiger partial charge in [0.2, 0.25) is 11.7 Å². The summed E-state index contributed by atoms with van der Waals surface area (Å²) in [5, 5.41) is 3.89. The van der Waals surface area contributed by atoms with Gasteiger partial charge >= 0.3 is 6.18 Å². The third-order valence-electron chi connectivity index (χ3n) is 3.97. The molecule has 2 aromatic heterocycles. The maximum atomic E-state index is 12.9. The molecule has 0 saturated heterocycles. The summed E-state index contributed by atoms with van der Waals surface area (Å²) in [5.41, 5.74) is 0.691. The average Bonchev–Trinajstić information content (AvgIpc) is 3.20. The topological polar surface area (TPSA) is 61.0 Å². The SMILES string of the molecule is C[C@H](Oc1cc(-c2noc(C(C)(C)C)n2)ncc1C1CC1)C(F)(F)F. The molecule has 0 unspecified atom stereocenters. The van der Waals surface area contributed by atoms with E-state index < -0.39 is 12.3 Å². The monoisotopic (exact) mass is 355 g/mol. The van der Waals surface area contributed by atoms with Crippen molar-refractivity contribution in [2.75, 3.05) is 0 Å². The fourth-order valence-corrected chi connectivity index (χ4v) is 2.26. The predicted molar refractivity (Wildman–Crippen MR) is 84.3 cm³/mol. The highest BCUT2D eigenvalue weighted by molar-refractivity contribution is 5.54. The van der Waals surface area contributed by atoms with Gasteiger partial charge in [-0.15, -0.1) is 0 Å². The molecule has 1 atom stereocenters. The van der Waals surface area contributed by atoms with E-state index in [0.29, 0.717) is 17.1 Å². The summed E-state index contributed by atoms with van der Waals surface area (Å²) in [6.07, 6.45) is -2.94. The van der Waals surface area contributed by atoms with Gasteiger partial charge in [0.15, 0.2) is 6.10 Å². The van der Waals surface area contributed by atoms with Crippen LogP contribution in [0.1, 0.15) is 57.9 Å². The van der Waals surface area contributed by atoms with Crippen molar-refractivity contribution in [3.8, 4) is 17.3 Å². The molecule has 0 aromatic carbocycles. The molecule has 0 spiro atoms. The molecule has 136 valence electrons. The molecule has 1 fully saturated rings. The van der Waals surface area contributed by atoms with Crippen molar-refractivity contribution in [2.45, 2.75) is 64.1 Å². The zero-order valence-electron chi connectivity index (χ0n) is 14.5. The highest BCUT2D eigenvalue weighted by Crippen LogP contribution is 2.45. The van der Waals surface area contributed by atoms with E-state index in [2.05, 4.69) is 15.1 Å². The van der Waals surface area contributed by atoms with Crippen molar-refractivity contribution in [2.24, 2.45) is 0 Å². The lowest BCUT2D eigenvalue weighted by Gasteiger charge is -2.19. The first-order valence-electron chi connectivity index (χ1n) is 8.13. The number of nitrogens with zero attached hydrogens (tertiary/aromatic N) is 3. The van der Waals surface area contributed by atoms with Crippen molar-refractivity contribution in [3.63, 3.8) is 0 Å². The molecule has 0 N–H and O–H groups in total. The highest BCUT2D eigenvalue weighted by atomic mass is 19.4. The Morgan fingerprint density at radius 1 is 1.24 bits per heavy atom. The quantitative estimate of drug-likeness (QED) is 0.800. The van der Waals surface area contributed by atoms with Crippen LogP contribution in [0.4, 0.5) is 13.2 Å². The van der Waals surface area contributed by atoms with Crippen molar-refractivity contribution in [3.05, 3.63) is 23.7 Å². The minimum atomic E-state index is -4.43. The third kappa shape index (κ3) is 3.93. The number of rotatable bonds is 4. The van der Waals surface area contributed by atoms with Crippen LogP contribution in [0.5, 0.6) is 5.75 Å². The molecule has 1 aliphatic rings. The number of ether oxygens (including phenoxy) is 1. The zero-order chi connectivity index (χ0) is 18.4. The lowest BCUT2D eigenvalue weighted by Crippen LogP contribution is -2.31. The van der Waals surface area contributed by atoms with Gasteiger partial charge in [0.05, 0.1) is 0 Å². The summed E-state index contributed by atoms with van der Waals surface area (Å²) < 4.78 is 49.0. The molecule has 2 aromatic rings. The molecule has 1 saturated carbocycles. The summed E-state index contributed by atoms with van der Waals surface area (Å²) in [6.45, 7) is 6.76. The zero-order valence-corrected chi connectivity index (χ0v) is 14.5. The number of halogens is 3. The smallest absolute Gasteiger partial charge is 0.425 e. The summed E-state index contributed by atoms with van der Waals surface area (Å²) in [6, 6.07) is 1.47. The van der Waals surface area contributed by atoms with Crippen LogP contribution in [0.3, 0.4) is 0 Å². The van der Waals surface area contributed by atoms with Crippen LogP contribution in [-0.2, 0) is 5.41 Å². The van der Waals surface area contributed by atoms with E-state index in [0.717, 1.165) is 19.8 Å². The molecule has 25 heavy (non-hydrogen) atoms. The van der Waals surface area contributed by atoms with Crippen LogP contribution < -0.4 is 4.74 Å². The number of aromatic nitrogens is 3. The second-order valence-corrected chi connectivity index (χ2v) is 7.36. The lowest BCUT2D eigenvalue weighted by molar-refractivity contribution is -0.189. The van der Waals surface area contributed by atoms with Crippen molar-refractivity contribution >= 4 is 0 Å². The Balaban J connectivity index is 1.94. The van der Waals surface area contributed by atoms with Gasteiger partial charge in [-0.1, -0.05) is 25.9 Å². The number of alkyl halides is 3. The van der Waals surface area contributed by atoms with Crippen molar-refractivity contribution < 1.29 is 22.4 Å². The highest BCUT2D eigenvalue weighted by Gasteiger charge is 2.39. The van der Waals surface area contributed by atoms with Gasteiger partial charge in [0.25, 0.3) is 0 Å². The first kappa shape index (κ1) is 17.7. The van der Waals surface area contributed by atoms with Gasteiger partial charge in [-0.3, -0.25) is 4.98 Å². The van der Waals surface area contributed by atoms with Gasteiger partial charge in [-0.25, -0.2) is 0 Å². The van der Waals surface area contributed by atoms with E-state index in [4.69, 9.17) is 9.26 Å². The van der Waals surface area contributed by atoms with Crippen LogP contribution >= 0.6 is 0 Å². The summed E-state index contributed by atoms with van der Waals surface area (Å²) in [4.78, 5) is 8.58. The van der Waals surface area contributed by atoms with E-state index in [1.165, 1.54) is 6.07 Å². The molecule has 2 heterocycles. The molecule has 8 heteroatoms. The van der Waals surface area contributed by atoms with E-state index in [-0.39, 0.29) is 22.9 Å². The normalized spacial score (nSPS) is 16.8. The van der Waals surface area contributed by atoms with E-state index in [1.54, 1.807) is 6.20 Å². The Kier molecular flexibility index (Phi) is 4.25. The summed E-state index contributed by atoms with van der Waals surface area (Å²) in [7, 11) is 0. The fraction of sp³-hybridized carbons (Fsp3) is 0.588. The minimum Gasteiger partial charge on any atom is -0.481 e. The Labute approximate surface area is 143 Å². The number of hydrogen-bond donors (Lipinski definition) is 0. The maximum absolute atomic E-state index is 12.9. The van der Waals surface area contributed by atoms with Gasteiger partial charge in [-0.2, -0.15) is 18.2 Å². The van der Waals surface area contributed by atoms with Gasteiger partial charge in [0, 0.05) is 23.2 Å². The first-order chi connectivity index (χ1) is 11.6. The van der Waals surface area contributed by atoms with Crippen LogP contribution in [-0.4, -0.2) is 27.4 Å². The predicted octanol–water partition coefficient (Wildman–Crippen LogP) is 4.64. The van der Waals surface area contributed by atoms with Gasteiger partial charge in [0.1, 0.15) is 11.4 Å². The van der Waals surface area contributed by atoms with Gasteiger partial charge in [-0.05, 0) is 25.7 Å². The number of hydrogen-bond acceptors (Lipinski definition) is 5. The second kappa shape index (κ2) is 6.00. The van der Waals surface area contributed by atoms with E-state index in [1.807, 2.05) is 20.8 Å². The minimum absolute atomic E-state index is 0.180. The summed E-state index contributed by atoms with van der Waals surface area (Å²) >= 11 is 0. The Bertz CT molecular complexity index is 761. The molecule has 3 rings (SSSR count). The third-order valence-corrected chi connectivity index (χ3v) is 3.97. The molecular weight excluding hydrogens is 335 g/mol. The van der Waals surface area contributed by atoms with E-state index >= 15 is 0 Å². The second-order valence-electron chi connectivity index (χ2n) is 7.36. The van der Waals surface area contributed by atoms with Crippen LogP contribution in [0.2, 0.25) is 0 Å². The van der Waals surface area contributed by atoms with Crippen LogP contribution in [0.25, 0.3) is 11.5 Å². The maximum Gasteiger partial charge on any atom is 0.425 e. The standard InChI is InChI=1S/C17H20F3N3O2/c1-9(17(18,19)20)24-13-7-12(21-8-11(13)10-5-6-10)14-22-15(25-23-14)16(2,3)4/h7-10H,5-6H2,1-4H3/t9-/m0/s1. The van der Waals surface area contributed by atoms with Gasteiger partial charge < -0.3 is 9.26 Å². The molecule has 0 radical (unpaired) electrons. The Morgan fingerprint density at radius 2 is 1.92 bits per heavy atom. The van der Waals surface area contributed by atoms with Crippen molar-refractivity contribution in [1.29, 1.82) is 0 Å². The van der Waals surface area contributed by atoms with E-state index in [9.17, 15) is 13.2 Å². The fourth-order valence-electron chi connectivity index (χ4n) is 2.26. The van der Waals surface area contributed by atoms with Crippen molar-refractivity contribution in [1.82, 2.24) is 15.1 Å². The average molecular weight is 355 g/mol. The largest absolute Gasteiger partial charge is 0.481 e. The Morgan fingerprint density at radius 3 is 2.44 bits per heavy atom. The molecule has 0 aliphatic heterocycles. The van der Waals surface area contributed by atoms with Crippen LogP contribution in [0.15, 0.2) is 16.8 Å². The molecule has 5 nitrogen and oxygen atoms in total. The number of pyridine rings is 1.